The number of nitrogens with zero attached hydrogens (tertiary/aromatic N) is 2. The third-order valence-corrected chi connectivity index (χ3v) is 13.3. The van der Waals surface area contributed by atoms with Crippen LogP contribution in [0.25, 0.3) is 16.8 Å². The fourth-order valence-corrected chi connectivity index (χ4v) is 9.43. The van der Waals surface area contributed by atoms with Crippen LogP contribution in [0.5, 0.6) is 5.88 Å². The molecule has 7 atom stereocenters. The van der Waals surface area contributed by atoms with Gasteiger partial charge in [-0.15, -0.1) is 6.58 Å². The number of hydrogen-bond acceptors (Lipinski definition) is 9. The van der Waals surface area contributed by atoms with Crippen LogP contribution in [0.2, 0.25) is 0 Å². The lowest BCUT2D eigenvalue weighted by molar-refractivity contribution is -0.158. The van der Waals surface area contributed by atoms with E-state index in [1.54, 1.807) is 6.20 Å². The number of pyridine rings is 1. The number of benzene rings is 1. The molecule has 2 aliphatic heterocycles. The summed E-state index contributed by atoms with van der Waals surface area (Å²) >= 11 is 0. The topological polar surface area (TPSA) is 161 Å². The molecule has 278 valence electrons. The summed E-state index contributed by atoms with van der Waals surface area (Å²) in [5.41, 5.74) is -1.24. The lowest BCUT2D eigenvalue weighted by atomic mass is 9.77. The third kappa shape index (κ3) is 7.20. The van der Waals surface area contributed by atoms with Gasteiger partial charge in [-0.25, -0.2) is 13.4 Å². The minimum atomic E-state index is -3.88. The Morgan fingerprint density at radius 1 is 1.10 bits per heavy atom. The van der Waals surface area contributed by atoms with Crippen LogP contribution in [0.15, 0.2) is 49.2 Å². The van der Waals surface area contributed by atoms with Crippen molar-refractivity contribution < 1.29 is 37.1 Å². The highest BCUT2D eigenvalue weighted by Crippen LogP contribution is 2.46. The lowest BCUT2D eigenvalue weighted by Gasteiger charge is -2.35. The summed E-state index contributed by atoms with van der Waals surface area (Å²) in [7, 11) is -3.88. The summed E-state index contributed by atoms with van der Waals surface area (Å²) in [5.74, 6) is -3.07. The Labute approximate surface area is 304 Å². The van der Waals surface area contributed by atoms with Crippen molar-refractivity contribution in [3.63, 3.8) is 0 Å². The fourth-order valence-electron chi connectivity index (χ4n) is 8.06. The number of esters is 1. The molecule has 0 spiro atoms. The van der Waals surface area contributed by atoms with Crippen LogP contribution in [0, 0.1) is 23.2 Å². The summed E-state index contributed by atoms with van der Waals surface area (Å²) in [6.07, 6.45) is 10.9. The van der Waals surface area contributed by atoms with Crippen molar-refractivity contribution in [1.29, 1.82) is 0 Å². The van der Waals surface area contributed by atoms with Gasteiger partial charge in [0, 0.05) is 23.9 Å². The lowest BCUT2D eigenvalue weighted by Crippen LogP contribution is -2.57. The van der Waals surface area contributed by atoms with E-state index < -0.39 is 73.9 Å². The molecule has 7 rings (SSSR count). The van der Waals surface area contributed by atoms with E-state index in [0.717, 1.165) is 42.0 Å². The van der Waals surface area contributed by atoms with Crippen LogP contribution in [0.3, 0.4) is 0 Å². The van der Waals surface area contributed by atoms with Gasteiger partial charge >= 0.3 is 5.97 Å². The minimum absolute atomic E-state index is 0.0288. The van der Waals surface area contributed by atoms with Crippen molar-refractivity contribution in [2.45, 2.75) is 108 Å². The zero-order valence-electron chi connectivity index (χ0n) is 30.0. The number of allylic oxidation sites excluding steroid dienone is 1. The molecule has 13 heteroatoms. The number of fused-ring (bicyclic) bond motifs is 4. The molecule has 1 saturated heterocycles. The number of ether oxygens (including phenoxy) is 2. The molecular weight excluding hydrogens is 685 g/mol. The second-order valence-corrected chi connectivity index (χ2v) is 18.2. The van der Waals surface area contributed by atoms with Crippen molar-refractivity contribution in [2.24, 2.45) is 23.2 Å². The van der Waals surface area contributed by atoms with E-state index in [1.165, 1.54) is 11.0 Å². The van der Waals surface area contributed by atoms with Crippen molar-refractivity contribution in [2.75, 3.05) is 6.54 Å². The standard InChI is InChI=1S/C39H48N4O8S/c1-5-26-21-39(26,37(47)42-52(48,49)28-14-15-28)41-34(45)31-19-27-22-43(31)36(46)30(38(2,3)4)20-33(44)51-32-11-7-10-25(32)9-6-8-23-12-13-24-16-17-40-35(50-27)29(24)18-23/h5-6,8,12-13,16-18,25-28,30-32H,1,7,9-11,14-15,19-22H2,2-4H3,(H,41,45)(H,42,47)/b8-6+/t25-,26-,27-,30-,31+,32-,39-/m1/s1. The summed E-state index contributed by atoms with van der Waals surface area (Å²) in [6.45, 7) is 9.47. The molecule has 3 saturated carbocycles. The number of nitrogens with one attached hydrogen (secondary N) is 2. The highest BCUT2D eigenvalue weighted by molar-refractivity contribution is 7.91. The highest BCUT2D eigenvalue weighted by atomic mass is 32.2. The van der Waals surface area contributed by atoms with Crippen molar-refractivity contribution >= 4 is 50.6 Å². The highest BCUT2D eigenvalue weighted by Gasteiger charge is 2.62. The summed E-state index contributed by atoms with van der Waals surface area (Å²) < 4.78 is 40.2. The van der Waals surface area contributed by atoms with Crippen LogP contribution in [0.4, 0.5) is 0 Å². The number of sulfonamides is 1. The quantitative estimate of drug-likeness (QED) is 0.324. The van der Waals surface area contributed by atoms with E-state index in [0.29, 0.717) is 18.7 Å². The maximum atomic E-state index is 14.7. The Morgan fingerprint density at radius 2 is 1.88 bits per heavy atom. The van der Waals surface area contributed by atoms with Gasteiger partial charge in [-0.05, 0) is 79.4 Å². The largest absolute Gasteiger partial charge is 0.472 e. The molecule has 4 fully saturated rings. The second-order valence-electron chi connectivity index (χ2n) is 16.2. The second kappa shape index (κ2) is 13.6. The van der Waals surface area contributed by atoms with Gasteiger partial charge < -0.3 is 19.7 Å². The van der Waals surface area contributed by atoms with E-state index in [1.807, 2.05) is 45.0 Å². The van der Waals surface area contributed by atoms with E-state index >= 15 is 0 Å². The van der Waals surface area contributed by atoms with Crippen LogP contribution in [-0.4, -0.2) is 77.6 Å². The van der Waals surface area contributed by atoms with E-state index in [4.69, 9.17) is 9.47 Å². The van der Waals surface area contributed by atoms with Gasteiger partial charge in [0.2, 0.25) is 27.7 Å². The number of hydrogen-bond donors (Lipinski definition) is 2. The molecular formula is C39H48N4O8S. The molecule has 2 aromatic rings. The van der Waals surface area contributed by atoms with E-state index in [-0.39, 0.29) is 37.8 Å². The predicted molar refractivity (Wildman–Crippen MR) is 194 cm³/mol. The molecule has 3 amide bonds. The Kier molecular flexibility index (Phi) is 9.46. The van der Waals surface area contributed by atoms with E-state index in [9.17, 15) is 27.6 Å². The number of aromatic nitrogens is 1. The zero-order chi connectivity index (χ0) is 37.0. The van der Waals surface area contributed by atoms with Crippen LogP contribution >= 0.6 is 0 Å². The van der Waals surface area contributed by atoms with Crippen LogP contribution in [-0.2, 0) is 33.9 Å². The maximum Gasteiger partial charge on any atom is 0.306 e. The van der Waals surface area contributed by atoms with Crippen molar-refractivity contribution in [1.82, 2.24) is 19.9 Å². The number of carbonyl (C=O) groups is 4. The molecule has 4 bridgehead atoms. The molecule has 52 heavy (non-hydrogen) atoms. The number of carbonyl (C=O) groups excluding carboxylic acids is 4. The summed E-state index contributed by atoms with van der Waals surface area (Å²) in [5, 5.41) is 3.92. The maximum absolute atomic E-state index is 14.7. The Morgan fingerprint density at radius 3 is 2.60 bits per heavy atom. The van der Waals surface area contributed by atoms with Crippen molar-refractivity contribution in [3.05, 3.63) is 54.8 Å². The van der Waals surface area contributed by atoms with Gasteiger partial charge in [0.1, 0.15) is 23.8 Å². The van der Waals surface area contributed by atoms with Gasteiger partial charge in [-0.1, -0.05) is 51.1 Å². The first-order chi connectivity index (χ1) is 24.7. The molecule has 5 aliphatic rings. The molecule has 2 N–H and O–H groups in total. The number of amides is 3. The predicted octanol–water partition coefficient (Wildman–Crippen LogP) is 4.43. The number of rotatable bonds is 6. The van der Waals surface area contributed by atoms with E-state index in [2.05, 4.69) is 33.8 Å². The average molecular weight is 733 g/mol. The smallest absolute Gasteiger partial charge is 0.306 e. The van der Waals surface area contributed by atoms with Gasteiger partial charge in [0.25, 0.3) is 5.91 Å². The zero-order valence-corrected chi connectivity index (χ0v) is 30.8. The molecule has 3 heterocycles. The summed E-state index contributed by atoms with van der Waals surface area (Å²) in [6, 6.07) is 6.83. The van der Waals surface area contributed by atoms with Crippen LogP contribution < -0.4 is 14.8 Å². The molecule has 12 nitrogen and oxygen atoms in total. The molecule has 0 radical (unpaired) electrons. The third-order valence-electron chi connectivity index (χ3n) is 11.5. The monoisotopic (exact) mass is 732 g/mol. The molecule has 0 unspecified atom stereocenters. The summed E-state index contributed by atoms with van der Waals surface area (Å²) in [4.78, 5) is 62.0. The van der Waals surface area contributed by atoms with Gasteiger partial charge in [-0.2, -0.15) is 0 Å². The molecule has 3 aliphatic carbocycles. The van der Waals surface area contributed by atoms with Crippen molar-refractivity contribution in [3.8, 4) is 5.88 Å². The molecule has 1 aromatic heterocycles. The normalized spacial score (nSPS) is 31.5. The fraction of sp³-hybridized carbons (Fsp3) is 0.564. The van der Waals surface area contributed by atoms with Gasteiger partial charge in [0.05, 0.1) is 24.1 Å². The Bertz CT molecular complexity index is 1930. The van der Waals surface area contributed by atoms with Crippen LogP contribution in [0.1, 0.15) is 84.1 Å². The van der Waals surface area contributed by atoms with Gasteiger partial charge in [0.15, 0.2) is 0 Å². The Hall–Kier alpha value is -4.26. The Balaban J connectivity index is 1.23. The minimum Gasteiger partial charge on any atom is -0.472 e. The average Bonchev–Trinajstić information content (AvgIpc) is 3.98. The first kappa shape index (κ1) is 36.1. The first-order valence-electron chi connectivity index (χ1n) is 18.4. The SMILES string of the molecule is C=C[C@@H]1C[C@]1(NC(=O)[C@@H]1C[C@@H]2CN1C(=O)[C@H](C(C)(C)C)CC(=O)O[C@@H]1CCC[C@H]1C/C=C/c1ccc3ccnc(c3c1)O2)C(=O)NS(=O)(=O)C1CC1. The first-order valence-corrected chi connectivity index (χ1v) is 20.0. The van der Waals surface area contributed by atoms with Gasteiger partial charge in [-0.3, -0.25) is 23.9 Å². The molecule has 1 aromatic carbocycles.